The van der Waals surface area contributed by atoms with Gasteiger partial charge >= 0.3 is 6.03 Å². The topological polar surface area (TPSA) is 105 Å². The Morgan fingerprint density at radius 2 is 1.94 bits per heavy atom. The molecule has 1 aromatic carbocycles. The number of likely N-dealkylation sites (tertiary alicyclic amines) is 1. The largest absolute Gasteiger partial charge is 0.486 e. The quantitative estimate of drug-likeness (QED) is 0.659. The van der Waals surface area contributed by atoms with E-state index in [4.69, 9.17) is 4.74 Å². The van der Waals surface area contributed by atoms with E-state index in [2.05, 4.69) is 10.6 Å². The second-order valence-electron chi connectivity index (χ2n) is 9.19. The summed E-state index contributed by atoms with van der Waals surface area (Å²) in [6, 6.07) is 3.53. The Balaban J connectivity index is 1.37. The van der Waals surface area contributed by atoms with Gasteiger partial charge in [0.15, 0.2) is 11.6 Å². The lowest BCUT2D eigenvalue weighted by Gasteiger charge is -2.44. The van der Waals surface area contributed by atoms with Gasteiger partial charge in [-0.15, -0.1) is 11.3 Å². The molecule has 2 aromatic rings. The Bertz CT molecular complexity index is 1230. The molecule has 1 spiro atoms. The third-order valence-electron chi connectivity index (χ3n) is 6.88. The molecule has 5 rings (SSSR count). The van der Waals surface area contributed by atoms with E-state index in [-0.39, 0.29) is 29.5 Å². The lowest BCUT2D eigenvalue weighted by Crippen LogP contribution is -2.52. The van der Waals surface area contributed by atoms with Crippen molar-refractivity contribution in [3.8, 4) is 5.75 Å². The van der Waals surface area contributed by atoms with Gasteiger partial charge in [-0.25, -0.2) is 9.18 Å². The molecule has 10 heteroatoms. The first-order valence-electron chi connectivity index (χ1n) is 11.8. The first-order chi connectivity index (χ1) is 16.8. The summed E-state index contributed by atoms with van der Waals surface area (Å²) in [5.74, 6) is -0.503. The fourth-order valence-corrected chi connectivity index (χ4v) is 6.31. The summed E-state index contributed by atoms with van der Waals surface area (Å²) >= 11 is 1.16. The molecule has 0 bridgehead atoms. The fraction of sp³-hybridized carbons (Fsp3) is 0.440. The molecule has 3 heterocycles. The van der Waals surface area contributed by atoms with Gasteiger partial charge in [-0.3, -0.25) is 19.7 Å². The molecule has 1 fully saturated rings. The highest BCUT2D eigenvalue weighted by Gasteiger charge is 2.44. The van der Waals surface area contributed by atoms with Crippen LogP contribution in [-0.4, -0.2) is 53.6 Å². The van der Waals surface area contributed by atoms with Crippen LogP contribution in [0, 0.1) is 5.82 Å². The van der Waals surface area contributed by atoms with Crippen molar-refractivity contribution in [2.45, 2.75) is 51.0 Å². The highest BCUT2D eigenvalue weighted by Crippen LogP contribution is 2.42. The maximum Gasteiger partial charge on any atom is 0.319 e. The Kier molecular flexibility index (Phi) is 6.08. The molecule has 1 aromatic heterocycles. The summed E-state index contributed by atoms with van der Waals surface area (Å²) in [4.78, 5) is 53.3. The zero-order valence-electron chi connectivity index (χ0n) is 19.4. The summed E-state index contributed by atoms with van der Waals surface area (Å²) in [6.07, 6.45) is 2.75. The number of anilines is 1. The number of ketones is 2. The van der Waals surface area contributed by atoms with E-state index in [9.17, 15) is 23.6 Å². The maximum atomic E-state index is 13.7. The number of benzene rings is 1. The molecule has 3 aliphatic rings. The molecule has 8 nitrogen and oxygen atoms in total. The molecule has 35 heavy (non-hydrogen) atoms. The van der Waals surface area contributed by atoms with Crippen molar-refractivity contribution in [1.29, 1.82) is 0 Å². The van der Waals surface area contributed by atoms with E-state index in [1.165, 1.54) is 18.2 Å². The van der Waals surface area contributed by atoms with Gasteiger partial charge in [0, 0.05) is 38.9 Å². The number of Topliss-reactive ketones (excluding diaryl/α,β-unsaturated/α-hetero) is 2. The average molecular weight is 500 g/mol. The molecule has 184 valence electrons. The number of thiophene rings is 1. The lowest BCUT2D eigenvalue weighted by molar-refractivity contribution is -0.00578. The van der Waals surface area contributed by atoms with Crippen LogP contribution in [0.25, 0.3) is 0 Å². The summed E-state index contributed by atoms with van der Waals surface area (Å²) in [7, 11) is 0. The average Bonchev–Trinajstić information content (AvgIpc) is 3.19. The van der Waals surface area contributed by atoms with Crippen molar-refractivity contribution in [2.24, 2.45) is 0 Å². The molecule has 1 saturated heterocycles. The van der Waals surface area contributed by atoms with Crippen LogP contribution < -0.4 is 15.4 Å². The Morgan fingerprint density at radius 1 is 1.17 bits per heavy atom. The van der Waals surface area contributed by atoms with E-state index < -0.39 is 17.4 Å². The molecule has 2 N–H and O–H groups in total. The standard InChI is InChI=1S/C25H26FN3O5S/c1-2-27-24(33)28-22-20(15-4-3-5-17(30)21(15)35-22)23(32)29-10-8-25(9-11-29)13-18(31)16-12-14(26)6-7-19(16)34-25/h6-7,12H,2-5,8-11,13H2,1H3,(H2,27,28,33). The van der Waals surface area contributed by atoms with E-state index in [1.54, 1.807) is 11.8 Å². The van der Waals surface area contributed by atoms with Gasteiger partial charge in [0.2, 0.25) is 0 Å². The van der Waals surface area contributed by atoms with E-state index in [1.807, 2.05) is 0 Å². The number of piperidine rings is 1. The second kappa shape index (κ2) is 9.07. The van der Waals surface area contributed by atoms with Crippen LogP contribution in [0.5, 0.6) is 5.75 Å². The first-order valence-corrected chi connectivity index (χ1v) is 12.7. The van der Waals surface area contributed by atoms with Gasteiger partial charge in [0.25, 0.3) is 5.91 Å². The molecule has 2 aliphatic heterocycles. The summed E-state index contributed by atoms with van der Waals surface area (Å²) < 4.78 is 19.8. The fourth-order valence-electron chi connectivity index (χ4n) is 5.11. The van der Waals surface area contributed by atoms with Crippen molar-refractivity contribution in [1.82, 2.24) is 10.2 Å². The molecule has 0 atom stereocenters. The van der Waals surface area contributed by atoms with Gasteiger partial charge < -0.3 is 15.0 Å². The van der Waals surface area contributed by atoms with Gasteiger partial charge in [0.05, 0.1) is 22.4 Å². The summed E-state index contributed by atoms with van der Waals surface area (Å²) in [6.45, 7) is 2.95. The SMILES string of the molecule is CCNC(=O)Nc1sc2c(c1C(=O)N1CCC3(CC1)CC(=O)c1cc(F)ccc1O3)CCCC2=O. The number of carbonyl (C=O) groups is 4. The highest BCUT2D eigenvalue weighted by molar-refractivity contribution is 7.18. The van der Waals surface area contributed by atoms with Crippen LogP contribution in [-0.2, 0) is 6.42 Å². The van der Waals surface area contributed by atoms with Crippen molar-refractivity contribution < 1.29 is 28.3 Å². The number of halogens is 1. The third kappa shape index (κ3) is 4.31. The van der Waals surface area contributed by atoms with Gasteiger partial charge in [0.1, 0.15) is 22.2 Å². The maximum absolute atomic E-state index is 13.7. The minimum absolute atomic E-state index is 0.00364. The van der Waals surface area contributed by atoms with Crippen LogP contribution in [0.15, 0.2) is 18.2 Å². The minimum Gasteiger partial charge on any atom is -0.486 e. The van der Waals surface area contributed by atoms with E-state index >= 15 is 0 Å². The number of rotatable bonds is 3. The van der Waals surface area contributed by atoms with Crippen LogP contribution in [0.2, 0.25) is 0 Å². The molecular formula is C25H26FN3O5S. The molecule has 1 aliphatic carbocycles. The zero-order valence-corrected chi connectivity index (χ0v) is 20.2. The number of carbonyl (C=O) groups excluding carboxylic acids is 4. The predicted octanol–water partition coefficient (Wildman–Crippen LogP) is 4.19. The number of ether oxygens (including phenoxy) is 1. The molecule has 3 amide bonds. The minimum atomic E-state index is -0.731. The molecule has 0 unspecified atom stereocenters. The van der Waals surface area contributed by atoms with E-state index in [0.717, 1.165) is 11.3 Å². The van der Waals surface area contributed by atoms with Crippen molar-refractivity contribution in [3.63, 3.8) is 0 Å². The van der Waals surface area contributed by atoms with Gasteiger partial charge in [-0.05, 0) is 43.5 Å². The monoisotopic (exact) mass is 499 g/mol. The number of hydrogen-bond acceptors (Lipinski definition) is 6. The first kappa shape index (κ1) is 23.5. The number of nitrogens with zero attached hydrogens (tertiary/aromatic N) is 1. The third-order valence-corrected chi connectivity index (χ3v) is 8.07. The van der Waals surface area contributed by atoms with Crippen LogP contribution >= 0.6 is 11.3 Å². The van der Waals surface area contributed by atoms with Gasteiger partial charge in [-0.2, -0.15) is 0 Å². The van der Waals surface area contributed by atoms with Crippen molar-refractivity contribution >= 4 is 39.8 Å². The normalized spacial score (nSPS) is 18.5. The molecular weight excluding hydrogens is 473 g/mol. The zero-order chi connectivity index (χ0) is 24.7. The second-order valence-corrected chi connectivity index (χ2v) is 10.2. The molecule has 0 radical (unpaired) electrons. The number of urea groups is 1. The lowest BCUT2D eigenvalue weighted by atomic mass is 9.82. The number of amides is 3. The summed E-state index contributed by atoms with van der Waals surface area (Å²) in [5.41, 5.74) is 0.625. The van der Waals surface area contributed by atoms with E-state index in [0.29, 0.717) is 78.5 Å². The number of nitrogens with one attached hydrogen (secondary N) is 2. The highest BCUT2D eigenvalue weighted by atomic mass is 32.1. The summed E-state index contributed by atoms with van der Waals surface area (Å²) in [5, 5.41) is 5.81. The molecule has 0 saturated carbocycles. The number of fused-ring (bicyclic) bond motifs is 2. The van der Waals surface area contributed by atoms with Crippen LogP contribution in [0.3, 0.4) is 0 Å². The van der Waals surface area contributed by atoms with Crippen LogP contribution in [0.1, 0.15) is 75.0 Å². The van der Waals surface area contributed by atoms with Crippen LogP contribution in [0.4, 0.5) is 14.2 Å². The smallest absolute Gasteiger partial charge is 0.319 e. The van der Waals surface area contributed by atoms with Crippen molar-refractivity contribution in [3.05, 3.63) is 45.6 Å². The Morgan fingerprint density at radius 3 is 2.69 bits per heavy atom. The Labute approximate surface area is 205 Å². The van der Waals surface area contributed by atoms with Gasteiger partial charge in [-0.1, -0.05) is 0 Å². The van der Waals surface area contributed by atoms with Crippen molar-refractivity contribution in [2.75, 3.05) is 25.0 Å². The Hall–Kier alpha value is -3.27. The number of hydrogen-bond donors (Lipinski definition) is 2. The predicted molar refractivity (Wildman–Crippen MR) is 128 cm³/mol.